The van der Waals surface area contributed by atoms with E-state index in [1.54, 1.807) is 18.7 Å². The molecule has 0 aliphatic heterocycles. The Labute approximate surface area is 274 Å². The van der Waals surface area contributed by atoms with E-state index in [4.69, 9.17) is 4.99 Å². The maximum atomic E-state index is 4.71. The topological polar surface area (TPSA) is 44.3 Å². The average Bonchev–Trinajstić information content (AvgIpc) is 3.64. The van der Waals surface area contributed by atoms with Crippen molar-refractivity contribution in [2.24, 2.45) is 16.8 Å². The second-order valence-electron chi connectivity index (χ2n) is 11.5. The summed E-state index contributed by atoms with van der Waals surface area (Å²) in [6.07, 6.45) is 26.2. The van der Waals surface area contributed by atoms with E-state index in [0.29, 0.717) is 5.92 Å². The van der Waals surface area contributed by atoms with Crippen LogP contribution in [0, 0.1) is 18.8 Å². The van der Waals surface area contributed by atoms with Crippen LogP contribution >= 0.6 is 0 Å². The number of hydrogen-bond donors (Lipinski definition) is 1. The SMILES string of the molecule is C/C=C/C.C=CCN(C(=C)C)c1cc(C)ccc1C(=NC)C1CCCCC1.CC.CC1CCCCC1.CCC.c1c[nH]cn1. The summed E-state index contributed by atoms with van der Waals surface area (Å²) in [7, 11) is 1.94. The zero-order valence-corrected chi connectivity index (χ0v) is 30.6. The maximum Gasteiger partial charge on any atom is 0.0919 e. The molecule has 2 aliphatic carbocycles. The number of aromatic nitrogens is 2. The van der Waals surface area contributed by atoms with Crippen molar-refractivity contribution in [3.8, 4) is 0 Å². The molecule has 2 saturated carbocycles. The molecule has 44 heavy (non-hydrogen) atoms. The summed E-state index contributed by atoms with van der Waals surface area (Å²) in [5.74, 6) is 1.62. The number of imidazole rings is 1. The van der Waals surface area contributed by atoms with Crippen molar-refractivity contribution in [1.82, 2.24) is 9.97 Å². The highest BCUT2D eigenvalue weighted by Crippen LogP contribution is 2.33. The molecule has 0 bridgehead atoms. The lowest BCUT2D eigenvalue weighted by atomic mass is 9.82. The monoisotopic (exact) mass is 607 g/mol. The smallest absolute Gasteiger partial charge is 0.0919 e. The number of nitrogens with zero attached hydrogens (tertiary/aromatic N) is 3. The number of aromatic amines is 1. The minimum Gasteiger partial charge on any atom is -0.351 e. The van der Waals surface area contributed by atoms with Crippen molar-refractivity contribution in [1.29, 1.82) is 0 Å². The van der Waals surface area contributed by atoms with Gasteiger partial charge in [0.2, 0.25) is 0 Å². The molecule has 4 nitrogen and oxygen atoms in total. The van der Waals surface area contributed by atoms with E-state index in [1.165, 1.54) is 93.2 Å². The summed E-state index contributed by atoms with van der Waals surface area (Å²) in [5.41, 5.74) is 6.03. The number of anilines is 1. The second kappa shape index (κ2) is 30.2. The van der Waals surface area contributed by atoms with Crippen LogP contribution in [0.15, 0.2) is 79.0 Å². The molecule has 0 saturated heterocycles. The van der Waals surface area contributed by atoms with Crippen LogP contribution in [-0.2, 0) is 0 Å². The van der Waals surface area contributed by atoms with Crippen molar-refractivity contribution in [2.75, 3.05) is 18.5 Å². The fourth-order valence-electron chi connectivity index (χ4n) is 5.09. The Hall–Kier alpha value is -2.88. The Bertz CT molecular complexity index is 954. The van der Waals surface area contributed by atoms with Crippen LogP contribution in [0.3, 0.4) is 0 Å². The van der Waals surface area contributed by atoms with Gasteiger partial charge in [0.15, 0.2) is 0 Å². The number of rotatable bonds is 6. The Morgan fingerprint density at radius 2 is 1.55 bits per heavy atom. The highest BCUT2D eigenvalue weighted by molar-refractivity contribution is 6.07. The summed E-state index contributed by atoms with van der Waals surface area (Å²) >= 11 is 0. The molecule has 250 valence electrons. The molecule has 0 unspecified atom stereocenters. The first kappa shape index (κ1) is 43.2. The van der Waals surface area contributed by atoms with Gasteiger partial charge < -0.3 is 9.88 Å². The number of aliphatic imine (C=N–C) groups is 1. The minimum absolute atomic E-state index is 0.589. The van der Waals surface area contributed by atoms with Crippen LogP contribution in [0.4, 0.5) is 5.69 Å². The molecule has 1 aromatic carbocycles. The van der Waals surface area contributed by atoms with Gasteiger partial charge in [-0.3, -0.25) is 4.99 Å². The third-order valence-electron chi connectivity index (χ3n) is 7.36. The molecule has 1 heterocycles. The highest BCUT2D eigenvalue weighted by atomic mass is 15.1. The highest BCUT2D eigenvalue weighted by Gasteiger charge is 2.23. The van der Waals surface area contributed by atoms with Crippen LogP contribution in [0.25, 0.3) is 0 Å². The van der Waals surface area contributed by atoms with Gasteiger partial charge in [0, 0.05) is 48.9 Å². The quantitative estimate of drug-likeness (QED) is 0.262. The fourth-order valence-corrected chi connectivity index (χ4v) is 5.09. The molecule has 0 radical (unpaired) electrons. The van der Waals surface area contributed by atoms with Gasteiger partial charge in [0.25, 0.3) is 0 Å². The van der Waals surface area contributed by atoms with Crippen molar-refractivity contribution < 1.29 is 0 Å². The van der Waals surface area contributed by atoms with E-state index >= 15 is 0 Å². The van der Waals surface area contributed by atoms with Gasteiger partial charge in [-0.2, -0.15) is 0 Å². The molecule has 1 aromatic heterocycles. The van der Waals surface area contributed by atoms with E-state index in [2.05, 4.69) is 80.8 Å². The van der Waals surface area contributed by atoms with Crippen LogP contribution in [-0.4, -0.2) is 29.3 Å². The van der Waals surface area contributed by atoms with E-state index < -0.39 is 0 Å². The zero-order chi connectivity index (χ0) is 33.6. The molecule has 4 rings (SSSR count). The Morgan fingerprint density at radius 1 is 1.00 bits per heavy atom. The number of hydrogen-bond acceptors (Lipinski definition) is 3. The molecular formula is C40H70N4. The Balaban J connectivity index is 0. The molecular weight excluding hydrogens is 536 g/mol. The lowest BCUT2D eigenvalue weighted by Gasteiger charge is -2.30. The first-order valence-electron chi connectivity index (χ1n) is 17.4. The van der Waals surface area contributed by atoms with Crippen LogP contribution in [0.1, 0.15) is 137 Å². The van der Waals surface area contributed by atoms with Crippen molar-refractivity contribution in [2.45, 2.75) is 133 Å². The predicted molar refractivity (Wildman–Crippen MR) is 201 cm³/mol. The molecule has 2 aliphatic rings. The van der Waals surface area contributed by atoms with Gasteiger partial charge in [0.1, 0.15) is 0 Å². The third kappa shape index (κ3) is 20.1. The molecule has 2 aromatic rings. The van der Waals surface area contributed by atoms with E-state index in [-0.39, 0.29) is 0 Å². The van der Waals surface area contributed by atoms with Crippen molar-refractivity contribution >= 4 is 11.4 Å². The average molecular weight is 607 g/mol. The van der Waals surface area contributed by atoms with E-state index in [9.17, 15) is 0 Å². The van der Waals surface area contributed by atoms with Gasteiger partial charge in [0.05, 0.1) is 12.0 Å². The maximum absolute atomic E-state index is 4.71. The summed E-state index contributed by atoms with van der Waals surface area (Å²) in [4.78, 5) is 13.4. The molecule has 4 heteroatoms. The molecule has 0 amide bonds. The summed E-state index contributed by atoms with van der Waals surface area (Å²) in [6, 6.07) is 6.68. The molecule has 0 spiro atoms. The number of allylic oxidation sites excluding steroid dienone is 3. The Morgan fingerprint density at radius 3 is 1.89 bits per heavy atom. The lowest BCUT2D eigenvalue weighted by Crippen LogP contribution is -2.26. The second-order valence-corrected chi connectivity index (χ2v) is 11.5. The van der Waals surface area contributed by atoms with Gasteiger partial charge >= 0.3 is 0 Å². The van der Waals surface area contributed by atoms with E-state index in [0.717, 1.165) is 18.2 Å². The standard InChI is InChI=1S/C21H30N2.C7H14.C4H8.C3H4N2.C3H8.C2H6/c1-6-14-23(16(2)3)20-15-17(4)12-13-19(20)21(22-5)18-10-8-7-9-11-18;1-7-5-3-2-4-6-7;1-3-4-2;1-2-5-3-4-1;1-3-2;1-2/h6,12-13,15,18H,1-2,7-11,14H2,3-5H3;7H,2-6H2,1H3;3-4H,1-2H3;1-3H,(H,4,5);3H2,1-2H3;1-2H3/b;;4-3+;;;. The zero-order valence-electron chi connectivity index (χ0n) is 30.6. The van der Waals surface area contributed by atoms with Gasteiger partial charge in [-0.15, -0.1) is 6.58 Å². The molecule has 1 N–H and O–H groups in total. The first-order valence-corrected chi connectivity index (χ1v) is 17.4. The number of aryl methyl sites for hydroxylation is 1. The lowest BCUT2D eigenvalue weighted by molar-refractivity contribution is 0.385. The van der Waals surface area contributed by atoms with Crippen LogP contribution < -0.4 is 4.90 Å². The van der Waals surface area contributed by atoms with Gasteiger partial charge in [-0.05, 0) is 58.1 Å². The van der Waals surface area contributed by atoms with Crippen molar-refractivity contribution in [3.05, 3.63) is 85.1 Å². The number of nitrogens with one attached hydrogen (secondary N) is 1. The number of H-pyrrole nitrogens is 1. The fraction of sp³-hybridized carbons (Fsp3) is 0.600. The van der Waals surface area contributed by atoms with Gasteiger partial charge in [-0.25, -0.2) is 4.98 Å². The van der Waals surface area contributed by atoms with Crippen LogP contribution in [0.5, 0.6) is 0 Å². The summed E-state index contributed by atoms with van der Waals surface area (Å²) < 4.78 is 0. The van der Waals surface area contributed by atoms with Crippen molar-refractivity contribution in [3.63, 3.8) is 0 Å². The minimum atomic E-state index is 0.589. The summed E-state index contributed by atoms with van der Waals surface area (Å²) in [6.45, 7) is 27.6. The number of benzene rings is 1. The van der Waals surface area contributed by atoms with E-state index in [1.807, 2.05) is 53.0 Å². The molecule has 2 fully saturated rings. The largest absolute Gasteiger partial charge is 0.351 e. The van der Waals surface area contributed by atoms with Gasteiger partial charge in [-0.1, -0.05) is 129 Å². The third-order valence-corrected chi connectivity index (χ3v) is 7.36. The summed E-state index contributed by atoms with van der Waals surface area (Å²) in [5, 5.41) is 0. The normalized spacial score (nSPS) is 14.8. The Kier molecular flexibility index (Phi) is 29.6. The first-order chi connectivity index (χ1) is 21.3. The molecule has 0 atom stereocenters. The predicted octanol–water partition coefficient (Wildman–Crippen LogP) is 12.5. The van der Waals surface area contributed by atoms with Crippen LogP contribution in [0.2, 0.25) is 0 Å².